The number of anilines is 1. The minimum atomic E-state index is -0.633. The predicted molar refractivity (Wildman–Crippen MR) is 126 cm³/mol. The zero-order chi connectivity index (χ0) is 19.1. The SMILES string of the molecule is CCNC(=NCC(O)c1ccncc1)N1CCN(c2ccccc2Cl)CC1.I. The van der Waals surface area contributed by atoms with E-state index in [0.29, 0.717) is 6.54 Å². The molecule has 1 atom stereocenters. The number of nitrogens with one attached hydrogen (secondary N) is 1. The van der Waals surface area contributed by atoms with Gasteiger partial charge in [-0.25, -0.2) is 0 Å². The summed E-state index contributed by atoms with van der Waals surface area (Å²) < 4.78 is 0. The average molecular weight is 516 g/mol. The molecule has 0 radical (unpaired) electrons. The van der Waals surface area contributed by atoms with Crippen molar-refractivity contribution in [2.75, 3.05) is 44.2 Å². The molecule has 0 saturated carbocycles. The van der Waals surface area contributed by atoms with Gasteiger partial charge in [-0.15, -0.1) is 24.0 Å². The van der Waals surface area contributed by atoms with Crippen molar-refractivity contribution >= 4 is 47.2 Å². The van der Waals surface area contributed by atoms with Gasteiger partial charge in [-0.3, -0.25) is 9.98 Å². The second kappa shape index (κ2) is 11.4. The first kappa shape index (κ1) is 22.7. The minimum absolute atomic E-state index is 0. The summed E-state index contributed by atoms with van der Waals surface area (Å²) in [5, 5.41) is 14.5. The van der Waals surface area contributed by atoms with Crippen molar-refractivity contribution in [3.63, 3.8) is 0 Å². The lowest BCUT2D eigenvalue weighted by molar-refractivity contribution is 0.186. The fourth-order valence-electron chi connectivity index (χ4n) is 3.16. The van der Waals surface area contributed by atoms with E-state index in [4.69, 9.17) is 11.6 Å². The topological polar surface area (TPSA) is 64.0 Å². The molecule has 1 unspecified atom stereocenters. The summed E-state index contributed by atoms with van der Waals surface area (Å²) in [4.78, 5) is 13.2. The van der Waals surface area contributed by atoms with Crippen molar-refractivity contribution in [1.82, 2.24) is 15.2 Å². The lowest BCUT2D eigenvalue weighted by Crippen LogP contribution is -2.52. The van der Waals surface area contributed by atoms with Crippen molar-refractivity contribution in [1.29, 1.82) is 0 Å². The quantitative estimate of drug-likeness (QED) is 0.364. The van der Waals surface area contributed by atoms with E-state index in [1.165, 1.54) is 0 Å². The van der Waals surface area contributed by atoms with Crippen LogP contribution in [0.4, 0.5) is 5.69 Å². The second-order valence-electron chi connectivity index (χ2n) is 6.42. The number of halogens is 2. The summed E-state index contributed by atoms with van der Waals surface area (Å²) in [5.41, 5.74) is 1.90. The Balaban J connectivity index is 0.00000280. The molecule has 0 spiro atoms. The van der Waals surface area contributed by atoms with Gasteiger partial charge in [0.05, 0.1) is 23.4 Å². The van der Waals surface area contributed by atoms with Crippen LogP contribution in [0.3, 0.4) is 0 Å². The molecule has 1 aromatic heterocycles. The van der Waals surface area contributed by atoms with Gasteiger partial charge < -0.3 is 20.2 Å². The van der Waals surface area contributed by atoms with Crippen LogP contribution in [0, 0.1) is 0 Å². The summed E-state index contributed by atoms with van der Waals surface area (Å²) in [7, 11) is 0. The van der Waals surface area contributed by atoms with E-state index in [0.717, 1.165) is 55.0 Å². The number of hydrogen-bond acceptors (Lipinski definition) is 4. The van der Waals surface area contributed by atoms with E-state index in [-0.39, 0.29) is 24.0 Å². The third-order valence-electron chi connectivity index (χ3n) is 4.61. The molecule has 2 aromatic rings. The number of aliphatic hydroxyl groups is 1. The van der Waals surface area contributed by atoms with Gasteiger partial charge in [0.2, 0.25) is 0 Å². The van der Waals surface area contributed by atoms with Crippen LogP contribution >= 0.6 is 35.6 Å². The number of aliphatic hydroxyl groups excluding tert-OH is 1. The van der Waals surface area contributed by atoms with Gasteiger partial charge >= 0.3 is 0 Å². The van der Waals surface area contributed by atoms with Crippen LogP contribution in [0.5, 0.6) is 0 Å². The molecule has 28 heavy (non-hydrogen) atoms. The molecule has 8 heteroatoms. The lowest BCUT2D eigenvalue weighted by atomic mass is 10.1. The molecule has 6 nitrogen and oxygen atoms in total. The molecular weight excluding hydrogens is 489 g/mol. The van der Waals surface area contributed by atoms with Crippen molar-refractivity contribution in [3.8, 4) is 0 Å². The Hall–Kier alpha value is -1.58. The molecular formula is C20H27ClIN5O. The first-order valence-corrected chi connectivity index (χ1v) is 9.67. The number of rotatable bonds is 5. The Kier molecular flexibility index (Phi) is 9.27. The van der Waals surface area contributed by atoms with Crippen LogP contribution in [0.1, 0.15) is 18.6 Å². The lowest BCUT2D eigenvalue weighted by Gasteiger charge is -2.38. The number of para-hydroxylation sites is 1. The molecule has 1 saturated heterocycles. The van der Waals surface area contributed by atoms with Crippen LogP contribution in [-0.4, -0.2) is 60.2 Å². The Morgan fingerprint density at radius 3 is 2.50 bits per heavy atom. The summed E-state index contributed by atoms with van der Waals surface area (Å²) in [6, 6.07) is 11.6. The number of guanidine groups is 1. The molecule has 0 amide bonds. The number of benzene rings is 1. The number of aliphatic imine (C=N–C) groups is 1. The van der Waals surface area contributed by atoms with Crippen molar-refractivity contribution < 1.29 is 5.11 Å². The number of pyridine rings is 1. The van der Waals surface area contributed by atoms with Gasteiger partial charge in [-0.1, -0.05) is 23.7 Å². The Morgan fingerprint density at radius 1 is 1.18 bits per heavy atom. The normalized spacial score (nSPS) is 15.8. The van der Waals surface area contributed by atoms with Gasteiger partial charge in [-0.2, -0.15) is 0 Å². The second-order valence-corrected chi connectivity index (χ2v) is 6.82. The largest absolute Gasteiger partial charge is 0.386 e. The van der Waals surface area contributed by atoms with Crippen molar-refractivity contribution in [3.05, 3.63) is 59.4 Å². The molecule has 152 valence electrons. The highest BCUT2D eigenvalue weighted by molar-refractivity contribution is 14.0. The van der Waals surface area contributed by atoms with Crippen LogP contribution in [0.2, 0.25) is 5.02 Å². The van der Waals surface area contributed by atoms with E-state index in [1.54, 1.807) is 12.4 Å². The average Bonchev–Trinajstić information content (AvgIpc) is 2.72. The molecule has 0 aliphatic carbocycles. The van der Waals surface area contributed by atoms with Crippen LogP contribution in [-0.2, 0) is 0 Å². The highest BCUT2D eigenvalue weighted by Crippen LogP contribution is 2.26. The van der Waals surface area contributed by atoms with E-state index in [9.17, 15) is 5.11 Å². The van der Waals surface area contributed by atoms with Crippen molar-refractivity contribution in [2.24, 2.45) is 4.99 Å². The third-order valence-corrected chi connectivity index (χ3v) is 4.93. The van der Waals surface area contributed by atoms with Crippen LogP contribution in [0.15, 0.2) is 53.8 Å². The van der Waals surface area contributed by atoms with Crippen molar-refractivity contribution in [2.45, 2.75) is 13.0 Å². The predicted octanol–water partition coefficient (Wildman–Crippen LogP) is 3.17. The first-order chi connectivity index (χ1) is 13.2. The maximum atomic E-state index is 10.4. The van der Waals surface area contributed by atoms with Gasteiger partial charge in [-0.05, 0) is 36.8 Å². The van der Waals surface area contributed by atoms with E-state index in [1.807, 2.05) is 30.3 Å². The van der Waals surface area contributed by atoms with Gasteiger partial charge in [0.1, 0.15) is 0 Å². The Labute approximate surface area is 188 Å². The van der Waals surface area contributed by atoms with Crippen LogP contribution < -0.4 is 10.2 Å². The monoisotopic (exact) mass is 515 g/mol. The minimum Gasteiger partial charge on any atom is -0.386 e. The number of nitrogens with zero attached hydrogens (tertiary/aromatic N) is 4. The fraction of sp³-hybridized carbons (Fsp3) is 0.400. The molecule has 1 fully saturated rings. The number of aromatic nitrogens is 1. The maximum absolute atomic E-state index is 10.4. The number of hydrogen-bond donors (Lipinski definition) is 2. The zero-order valence-corrected chi connectivity index (χ0v) is 19.0. The smallest absolute Gasteiger partial charge is 0.194 e. The molecule has 1 aliphatic heterocycles. The standard InChI is InChI=1S/C20H26ClN5O.HI/c1-2-23-20(24-15-19(27)16-7-9-22-10-8-16)26-13-11-25(12-14-26)18-6-4-3-5-17(18)21;/h3-10,19,27H,2,11-15H2,1H3,(H,23,24);1H. The maximum Gasteiger partial charge on any atom is 0.194 e. The summed E-state index contributed by atoms with van der Waals surface area (Å²) in [6.07, 6.45) is 2.73. The van der Waals surface area contributed by atoms with Gasteiger partial charge in [0, 0.05) is 45.1 Å². The first-order valence-electron chi connectivity index (χ1n) is 9.29. The molecule has 0 bridgehead atoms. The summed E-state index contributed by atoms with van der Waals surface area (Å²) in [6.45, 7) is 6.60. The fourth-order valence-corrected chi connectivity index (χ4v) is 3.41. The van der Waals surface area contributed by atoms with E-state index in [2.05, 4.69) is 38.1 Å². The van der Waals surface area contributed by atoms with E-state index < -0.39 is 6.10 Å². The van der Waals surface area contributed by atoms with Gasteiger partial charge in [0.25, 0.3) is 0 Å². The highest BCUT2D eigenvalue weighted by atomic mass is 127. The molecule has 1 aromatic carbocycles. The number of piperazine rings is 1. The molecule has 3 rings (SSSR count). The zero-order valence-electron chi connectivity index (χ0n) is 16.0. The third kappa shape index (κ3) is 5.96. The Bertz CT molecular complexity index is 753. The molecule has 2 N–H and O–H groups in total. The highest BCUT2D eigenvalue weighted by Gasteiger charge is 2.21. The summed E-state index contributed by atoms with van der Waals surface area (Å²) >= 11 is 6.33. The Morgan fingerprint density at radius 2 is 1.86 bits per heavy atom. The van der Waals surface area contributed by atoms with Crippen LogP contribution in [0.25, 0.3) is 0 Å². The molecule has 1 aliphatic rings. The van der Waals surface area contributed by atoms with Gasteiger partial charge in [0.15, 0.2) is 5.96 Å². The van der Waals surface area contributed by atoms with E-state index >= 15 is 0 Å². The molecule has 2 heterocycles. The summed E-state index contributed by atoms with van der Waals surface area (Å²) in [5.74, 6) is 0.837.